The number of nitrogens with two attached hydrogens (primary N) is 1. The van der Waals surface area contributed by atoms with Crippen molar-refractivity contribution in [3.05, 3.63) is 93.2 Å². The molecule has 5 heteroatoms. The highest BCUT2D eigenvalue weighted by molar-refractivity contribution is 14.1. The van der Waals surface area contributed by atoms with E-state index < -0.39 is 0 Å². The average Bonchev–Trinajstić information content (AvgIpc) is 2.96. The molecule has 144 valence electrons. The minimum absolute atomic E-state index is 0.0309. The lowest BCUT2D eigenvalue weighted by Gasteiger charge is -2.24. The molecule has 3 aromatic carbocycles. The van der Waals surface area contributed by atoms with Crippen LogP contribution in [0.25, 0.3) is 0 Å². The molecule has 0 bridgehead atoms. The molecule has 1 aliphatic rings. The third-order valence-electron chi connectivity index (χ3n) is 4.93. The lowest BCUT2D eigenvalue weighted by Crippen LogP contribution is -2.12. The quantitative estimate of drug-likeness (QED) is 0.274. The number of hydrogen-bond donors (Lipinski definition) is 1. The van der Waals surface area contributed by atoms with E-state index in [-0.39, 0.29) is 5.78 Å². The van der Waals surface area contributed by atoms with Crippen LogP contribution in [-0.2, 0) is 6.42 Å². The maximum Gasteiger partial charge on any atom is 0.194 e. The van der Waals surface area contributed by atoms with Crippen LogP contribution in [-0.4, -0.2) is 12.0 Å². The molecule has 4 nitrogen and oxygen atoms in total. The van der Waals surface area contributed by atoms with Crippen LogP contribution in [0, 0.1) is 3.57 Å². The first-order chi connectivity index (χ1) is 14.1. The van der Waals surface area contributed by atoms with Gasteiger partial charge in [0.05, 0.1) is 22.7 Å². The number of para-hydroxylation sites is 1. The van der Waals surface area contributed by atoms with Gasteiger partial charge in [-0.1, -0.05) is 31.2 Å². The van der Waals surface area contributed by atoms with E-state index in [0.717, 1.165) is 27.1 Å². The maximum absolute atomic E-state index is 12.9. The maximum atomic E-state index is 12.9. The van der Waals surface area contributed by atoms with E-state index in [1.807, 2.05) is 65.7 Å². The number of carbonyl (C=O) groups is 1. The van der Waals surface area contributed by atoms with Crippen molar-refractivity contribution >= 4 is 57.3 Å². The van der Waals surface area contributed by atoms with Gasteiger partial charge >= 0.3 is 0 Å². The molecule has 3 aromatic rings. The van der Waals surface area contributed by atoms with Crippen molar-refractivity contribution < 1.29 is 4.79 Å². The molecule has 0 radical (unpaired) electrons. The normalized spacial score (nSPS) is 12.6. The van der Waals surface area contributed by atoms with Gasteiger partial charge in [-0.25, -0.2) is 0 Å². The Bertz CT molecular complexity index is 1150. The van der Waals surface area contributed by atoms with Crippen molar-refractivity contribution in [2.24, 2.45) is 4.99 Å². The van der Waals surface area contributed by atoms with Gasteiger partial charge in [0.15, 0.2) is 5.78 Å². The fourth-order valence-corrected chi connectivity index (χ4v) is 4.09. The molecule has 0 aliphatic carbocycles. The topological polar surface area (TPSA) is 58.7 Å². The zero-order valence-corrected chi connectivity index (χ0v) is 18.1. The number of aliphatic imine (C=N–C) groups is 1. The van der Waals surface area contributed by atoms with E-state index in [9.17, 15) is 4.79 Å². The Morgan fingerprint density at radius 1 is 1.07 bits per heavy atom. The number of nitrogen functional groups attached to an aromatic ring is 1. The first-order valence-electron chi connectivity index (χ1n) is 9.41. The molecular formula is C24H20IN3O. The number of aryl methyl sites for hydroxylation is 1. The second-order valence-corrected chi connectivity index (χ2v) is 7.87. The monoisotopic (exact) mass is 493 g/mol. The van der Waals surface area contributed by atoms with Crippen LogP contribution in [0.3, 0.4) is 0 Å². The van der Waals surface area contributed by atoms with Crippen molar-refractivity contribution in [2.75, 3.05) is 10.6 Å². The van der Waals surface area contributed by atoms with Crippen LogP contribution in [0.1, 0.15) is 28.4 Å². The molecule has 0 unspecified atom stereocenters. The van der Waals surface area contributed by atoms with Crippen LogP contribution in [0.15, 0.2) is 77.9 Å². The summed E-state index contributed by atoms with van der Waals surface area (Å²) < 4.78 is 0.923. The van der Waals surface area contributed by atoms with Gasteiger partial charge in [0, 0.05) is 27.1 Å². The Labute approximate surface area is 183 Å². The smallest absolute Gasteiger partial charge is 0.194 e. The summed E-state index contributed by atoms with van der Waals surface area (Å²) in [5, 5.41) is 0. The molecule has 0 saturated carbocycles. The standard InChI is InChI=1S/C24H20IN3O/c1-2-16-7-5-10-22-23(16)27-13-6-14-28(22)21-12-11-17(15-20(21)26)24(29)18-8-3-4-9-19(18)25/h3-15H,2,26H2,1H3. The second kappa shape index (κ2) is 8.21. The van der Waals surface area contributed by atoms with E-state index in [1.54, 1.807) is 12.3 Å². The summed E-state index contributed by atoms with van der Waals surface area (Å²) in [4.78, 5) is 19.6. The summed E-state index contributed by atoms with van der Waals surface area (Å²) >= 11 is 2.18. The Morgan fingerprint density at radius 2 is 1.90 bits per heavy atom. The van der Waals surface area contributed by atoms with Crippen molar-refractivity contribution in [2.45, 2.75) is 13.3 Å². The number of fused-ring (bicyclic) bond motifs is 1. The zero-order chi connectivity index (χ0) is 20.4. The lowest BCUT2D eigenvalue weighted by atomic mass is 10.0. The Morgan fingerprint density at radius 3 is 2.66 bits per heavy atom. The summed E-state index contributed by atoms with van der Waals surface area (Å²) in [5.74, 6) is -0.0309. The molecule has 2 N–H and O–H groups in total. The van der Waals surface area contributed by atoms with Crippen LogP contribution < -0.4 is 10.6 Å². The van der Waals surface area contributed by atoms with E-state index in [1.165, 1.54) is 5.56 Å². The van der Waals surface area contributed by atoms with Crippen LogP contribution in [0.5, 0.6) is 0 Å². The number of halogens is 1. The molecule has 0 fully saturated rings. The first-order valence-corrected chi connectivity index (χ1v) is 10.5. The predicted molar refractivity (Wildman–Crippen MR) is 129 cm³/mol. The summed E-state index contributed by atoms with van der Waals surface area (Å²) in [6.45, 7) is 2.12. The molecular weight excluding hydrogens is 473 g/mol. The van der Waals surface area contributed by atoms with Gasteiger partial charge in [0.25, 0.3) is 0 Å². The molecule has 0 atom stereocenters. The zero-order valence-electron chi connectivity index (χ0n) is 16.0. The van der Waals surface area contributed by atoms with E-state index in [2.05, 4.69) is 40.6 Å². The van der Waals surface area contributed by atoms with Crippen LogP contribution in [0.2, 0.25) is 0 Å². The SMILES string of the molecule is CCc1cccc2c1N=CC=CN2c1ccc(C(=O)c2ccccc2I)cc1N. The number of anilines is 3. The third kappa shape index (κ3) is 3.70. The molecule has 1 aliphatic heterocycles. The highest BCUT2D eigenvalue weighted by Gasteiger charge is 2.19. The van der Waals surface area contributed by atoms with Gasteiger partial charge in [-0.05, 0) is 77.0 Å². The average molecular weight is 493 g/mol. The molecule has 4 rings (SSSR count). The predicted octanol–water partition coefficient (Wildman–Crippen LogP) is 6.03. The van der Waals surface area contributed by atoms with Crippen molar-refractivity contribution in [3.8, 4) is 0 Å². The third-order valence-corrected chi connectivity index (χ3v) is 5.87. The molecule has 29 heavy (non-hydrogen) atoms. The van der Waals surface area contributed by atoms with Crippen molar-refractivity contribution in [1.29, 1.82) is 0 Å². The minimum atomic E-state index is -0.0309. The number of benzene rings is 3. The Balaban J connectivity index is 1.75. The molecule has 1 heterocycles. The van der Waals surface area contributed by atoms with E-state index >= 15 is 0 Å². The number of rotatable bonds is 4. The van der Waals surface area contributed by atoms with E-state index in [0.29, 0.717) is 16.8 Å². The number of carbonyl (C=O) groups excluding carboxylic acids is 1. The van der Waals surface area contributed by atoms with Crippen LogP contribution in [0.4, 0.5) is 22.7 Å². The fourth-order valence-electron chi connectivity index (χ4n) is 3.46. The first kappa shape index (κ1) is 19.4. The van der Waals surface area contributed by atoms with Gasteiger partial charge in [0.2, 0.25) is 0 Å². The van der Waals surface area contributed by atoms with E-state index in [4.69, 9.17) is 5.73 Å². The van der Waals surface area contributed by atoms with Gasteiger partial charge in [0.1, 0.15) is 0 Å². The number of nitrogens with zero attached hydrogens (tertiary/aromatic N) is 2. The number of hydrogen-bond acceptors (Lipinski definition) is 4. The highest BCUT2D eigenvalue weighted by Crippen LogP contribution is 2.40. The molecule has 0 amide bonds. The molecule has 0 spiro atoms. The lowest BCUT2D eigenvalue weighted by molar-refractivity contribution is 0.103. The highest BCUT2D eigenvalue weighted by atomic mass is 127. The van der Waals surface area contributed by atoms with Crippen LogP contribution >= 0.6 is 22.6 Å². The Kier molecular flexibility index (Phi) is 5.49. The number of ketones is 1. The summed E-state index contributed by atoms with van der Waals surface area (Å²) in [7, 11) is 0. The Hall–Kier alpha value is -2.93. The summed E-state index contributed by atoms with van der Waals surface area (Å²) in [6, 6.07) is 19.2. The van der Waals surface area contributed by atoms with Gasteiger partial charge in [-0.15, -0.1) is 0 Å². The second-order valence-electron chi connectivity index (χ2n) is 6.71. The van der Waals surface area contributed by atoms with Crippen molar-refractivity contribution in [1.82, 2.24) is 0 Å². The molecule has 0 aromatic heterocycles. The van der Waals surface area contributed by atoms with Gasteiger partial charge in [-0.3, -0.25) is 9.79 Å². The summed E-state index contributed by atoms with van der Waals surface area (Å²) in [6.07, 6.45) is 6.53. The van der Waals surface area contributed by atoms with Crippen molar-refractivity contribution in [3.63, 3.8) is 0 Å². The van der Waals surface area contributed by atoms with Gasteiger partial charge in [-0.2, -0.15) is 0 Å². The summed E-state index contributed by atoms with van der Waals surface area (Å²) in [5.41, 5.74) is 12.1. The largest absolute Gasteiger partial charge is 0.397 e. The number of allylic oxidation sites excluding steroid dienone is 1. The van der Waals surface area contributed by atoms with Gasteiger partial charge < -0.3 is 10.6 Å². The fraction of sp³-hybridized carbons (Fsp3) is 0.0833. The minimum Gasteiger partial charge on any atom is -0.397 e. The molecule has 0 saturated heterocycles.